The van der Waals surface area contributed by atoms with Crippen LogP contribution in [0.25, 0.3) is 10.9 Å². The Labute approximate surface area is 139 Å². The molecule has 0 bridgehead atoms. The van der Waals surface area contributed by atoms with Gasteiger partial charge in [0, 0.05) is 18.5 Å². The molecular weight excluding hydrogens is 302 g/mol. The number of aryl methyl sites for hydroxylation is 1. The van der Waals surface area contributed by atoms with Gasteiger partial charge in [0.15, 0.2) is 5.69 Å². The summed E-state index contributed by atoms with van der Waals surface area (Å²) in [7, 11) is 0. The van der Waals surface area contributed by atoms with E-state index in [-0.39, 0.29) is 5.91 Å². The number of pyridine rings is 1. The van der Waals surface area contributed by atoms with E-state index in [4.69, 9.17) is 0 Å². The molecule has 0 unspecified atom stereocenters. The van der Waals surface area contributed by atoms with Gasteiger partial charge < -0.3 is 10.2 Å². The maximum atomic E-state index is 12.5. The number of aromatic nitrogens is 3. The summed E-state index contributed by atoms with van der Waals surface area (Å²) in [6.45, 7) is 4.10. The average Bonchev–Trinajstić information content (AvgIpc) is 3.24. The lowest BCUT2D eigenvalue weighted by molar-refractivity contribution is 0.102. The molecule has 1 aliphatic heterocycles. The first-order valence-corrected chi connectivity index (χ1v) is 8.18. The number of carbonyl (C=O) groups excluding carboxylic acids is 1. The lowest BCUT2D eigenvalue weighted by Gasteiger charge is -2.16. The van der Waals surface area contributed by atoms with Crippen LogP contribution in [0.15, 0.2) is 36.5 Å². The standard InChI is InChI=1S/C18H19N5O/c1-12-4-6-15-14(10-12)17(22-21-15)18(24)20-13-5-7-16(19-11-13)23-8-2-3-9-23/h4-7,10-11H,2-3,8-9H2,1H3,(H,20,24)(H,21,22). The van der Waals surface area contributed by atoms with Crippen molar-refractivity contribution in [2.24, 2.45) is 0 Å². The molecule has 0 saturated carbocycles. The van der Waals surface area contributed by atoms with Crippen molar-refractivity contribution in [2.75, 3.05) is 23.3 Å². The first kappa shape index (κ1) is 14.7. The molecule has 1 aliphatic rings. The van der Waals surface area contributed by atoms with E-state index in [1.807, 2.05) is 37.3 Å². The number of anilines is 2. The van der Waals surface area contributed by atoms with Crippen molar-refractivity contribution in [1.29, 1.82) is 0 Å². The predicted octanol–water partition coefficient (Wildman–Crippen LogP) is 3.12. The zero-order chi connectivity index (χ0) is 16.5. The summed E-state index contributed by atoms with van der Waals surface area (Å²) in [5.41, 5.74) is 3.02. The number of carbonyl (C=O) groups is 1. The molecule has 1 amide bonds. The second-order valence-corrected chi connectivity index (χ2v) is 6.17. The zero-order valence-corrected chi connectivity index (χ0v) is 13.5. The van der Waals surface area contributed by atoms with Crippen molar-refractivity contribution in [1.82, 2.24) is 15.2 Å². The molecule has 0 aliphatic carbocycles. The normalized spacial score (nSPS) is 14.3. The SMILES string of the molecule is Cc1ccc2[nH]nc(C(=O)Nc3ccc(N4CCCC4)nc3)c2c1. The maximum absolute atomic E-state index is 12.5. The Hall–Kier alpha value is -2.89. The highest BCUT2D eigenvalue weighted by molar-refractivity contribution is 6.11. The Bertz CT molecular complexity index is 878. The summed E-state index contributed by atoms with van der Waals surface area (Å²) in [5, 5.41) is 10.7. The minimum absolute atomic E-state index is 0.234. The van der Waals surface area contributed by atoms with Crippen LogP contribution >= 0.6 is 0 Å². The summed E-state index contributed by atoms with van der Waals surface area (Å²) in [5.74, 6) is 0.730. The van der Waals surface area contributed by atoms with Gasteiger partial charge in [0.05, 0.1) is 17.4 Å². The number of hydrogen-bond acceptors (Lipinski definition) is 4. The molecule has 3 heterocycles. The van der Waals surface area contributed by atoms with E-state index < -0.39 is 0 Å². The quantitative estimate of drug-likeness (QED) is 0.777. The minimum Gasteiger partial charge on any atom is -0.357 e. The van der Waals surface area contributed by atoms with E-state index >= 15 is 0 Å². The molecular formula is C18H19N5O. The van der Waals surface area contributed by atoms with Crippen LogP contribution in [0, 0.1) is 6.92 Å². The molecule has 2 aromatic heterocycles. The molecule has 3 aromatic rings. The lowest BCUT2D eigenvalue weighted by atomic mass is 10.1. The highest BCUT2D eigenvalue weighted by Gasteiger charge is 2.16. The molecule has 0 radical (unpaired) electrons. The number of nitrogens with zero attached hydrogens (tertiary/aromatic N) is 3. The number of amides is 1. The Morgan fingerprint density at radius 1 is 1.21 bits per heavy atom. The number of benzene rings is 1. The van der Waals surface area contributed by atoms with Gasteiger partial charge in [-0.2, -0.15) is 5.10 Å². The monoisotopic (exact) mass is 321 g/mol. The van der Waals surface area contributed by atoms with Gasteiger partial charge in [-0.05, 0) is 44.0 Å². The molecule has 6 heteroatoms. The van der Waals surface area contributed by atoms with E-state index in [0.717, 1.165) is 35.4 Å². The van der Waals surface area contributed by atoms with E-state index in [2.05, 4.69) is 25.4 Å². The molecule has 4 rings (SSSR count). The minimum atomic E-state index is -0.234. The molecule has 6 nitrogen and oxygen atoms in total. The molecule has 1 saturated heterocycles. The van der Waals surface area contributed by atoms with Gasteiger partial charge >= 0.3 is 0 Å². The van der Waals surface area contributed by atoms with Crippen LogP contribution in [0.4, 0.5) is 11.5 Å². The van der Waals surface area contributed by atoms with Crippen LogP contribution in [-0.4, -0.2) is 34.2 Å². The molecule has 1 aromatic carbocycles. The maximum Gasteiger partial charge on any atom is 0.276 e. The number of fused-ring (bicyclic) bond motifs is 1. The molecule has 24 heavy (non-hydrogen) atoms. The van der Waals surface area contributed by atoms with Crippen LogP contribution in [0.3, 0.4) is 0 Å². The van der Waals surface area contributed by atoms with Crippen LogP contribution in [0.2, 0.25) is 0 Å². The molecule has 0 atom stereocenters. The Kier molecular flexibility index (Phi) is 3.65. The fourth-order valence-electron chi connectivity index (χ4n) is 3.08. The van der Waals surface area contributed by atoms with Crippen LogP contribution in [0.5, 0.6) is 0 Å². The highest BCUT2D eigenvalue weighted by Crippen LogP contribution is 2.21. The smallest absolute Gasteiger partial charge is 0.276 e. The number of H-pyrrole nitrogens is 1. The Morgan fingerprint density at radius 3 is 2.79 bits per heavy atom. The zero-order valence-electron chi connectivity index (χ0n) is 13.5. The highest BCUT2D eigenvalue weighted by atomic mass is 16.1. The van der Waals surface area contributed by atoms with Crippen molar-refractivity contribution in [3.05, 3.63) is 47.8 Å². The first-order chi connectivity index (χ1) is 11.7. The summed E-state index contributed by atoms with van der Waals surface area (Å²) in [4.78, 5) is 19.2. The Balaban J connectivity index is 1.53. The third-order valence-corrected chi connectivity index (χ3v) is 4.37. The van der Waals surface area contributed by atoms with Gasteiger partial charge in [-0.15, -0.1) is 0 Å². The summed E-state index contributed by atoms with van der Waals surface area (Å²) < 4.78 is 0. The lowest BCUT2D eigenvalue weighted by Crippen LogP contribution is -2.19. The van der Waals surface area contributed by atoms with Crippen molar-refractivity contribution < 1.29 is 4.79 Å². The molecule has 0 spiro atoms. The molecule has 122 valence electrons. The van der Waals surface area contributed by atoms with E-state index in [9.17, 15) is 4.79 Å². The summed E-state index contributed by atoms with van der Waals surface area (Å²) >= 11 is 0. The third kappa shape index (κ3) is 2.71. The van der Waals surface area contributed by atoms with Crippen molar-refractivity contribution in [3.8, 4) is 0 Å². The van der Waals surface area contributed by atoms with Gasteiger partial charge in [0.25, 0.3) is 5.91 Å². The van der Waals surface area contributed by atoms with Gasteiger partial charge in [-0.1, -0.05) is 11.6 Å². The van der Waals surface area contributed by atoms with E-state index in [1.165, 1.54) is 12.8 Å². The summed E-state index contributed by atoms with van der Waals surface area (Å²) in [6.07, 6.45) is 4.13. The Morgan fingerprint density at radius 2 is 2.04 bits per heavy atom. The van der Waals surface area contributed by atoms with Gasteiger partial charge in [-0.25, -0.2) is 4.98 Å². The van der Waals surface area contributed by atoms with Crippen LogP contribution in [0.1, 0.15) is 28.9 Å². The fourth-order valence-corrected chi connectivity index (χ4v) is 3.08. The van der Waals surface area contributed by atoms with E-state index in [0.29, 0.717) is 11.4 Å². The third-order valence-electron chi connectivity index (χ3n) is 4.37. The molecule has 1 fully saturated rings. The topological polar surface area (TPSA) is 73.9 Å². The van der Waals surface area contributed by atoms with Crippen molar-refractivity contribution in [2.45, 2.75) is 19.8 Å². The van der Waals surface area contributed by atoms with Crippen LogP contribution in [-0.2, 0) is 0 Å². The first-order valence-electron chi connectivity index (χ1n) is 8.18. The largest absolute Gasteiger partial charge is 0.357 e. The average molecular weight is 321 g/mol. The van der Waals surface area contributed by atoms with Crippen LogP contribution < -0.4 is 10.2 Å². The van der Waals surface area contributed by atoms with Crippen molar-refractivity contribution >= 4 is 28.3 Å². The molecule has 2 N–H and O–H groups in total. The summed E-state index contributed by atoms with van der Waals surface area (Å²) in [6, 6.07) is 9.72. The predicted molar refractivity (Wildman–Crippen MR) is 94.5 cm³/mol. The van der Waals surface area contributed by atoms with Gasteiger partial charge in [0.1, 0.15) is 5.82 Å². The second kappa shape index (κ2) is 5.96. The number of hydrogen-bond donors (Lipinski definition) is 2. The van der Waals surface area contributed by atoms with Crippen molar-refractivity contribution in [3.63, 3.8) is 0 Å². The second-order valence-electron chi connectivity index (χ2n) is 6.17. The van der Waals surface area contributed by atoms with Gasteiger partial charge in [0.2, 0.25) is 0 Å². The van der Waals surface area contributed by atoms with Gasteiger partial charge in [-0.3, -0.25) is 9.89 Å². The number of rotatable bonds is 3. The fraction of sp³-hybridized carbons (Fsp3) is 0.278. The van der Waals surface area contributed by atoms with E-state index in [1.54, 1.807) is 6.20 Å². The number of nitrogens with one attached hydrogen (secondary N) is 2. The number of aromatic amines is 1.